The second-order valence-corrected chi connectivity index (χ2v) is 5.65. The summed E-state index contributed by atoms with van der Waals surface area (Å²) >= 11 is 0. The Morgan fingerprint density at radius 3 is 2.45 bits per heavy atom. The molecule has 0 saturated heterocycles. The quantitative estimate of drug-likeness (QED) is 0.708. The number of hydrogen-bond acceptors (Lipinski definition) is 3. The van der Waals surface area contributed by atoms with Crippen LogP contribution in [-0.2, 0) is 0 Å². The van der Waals surface area contributed by atoms with Crippen molar-refractivity contribution in [2.24, 2.45) is 5.92 Å². The smallest absolute Gasteiger partial charge is 0.119 e. The zero-order valence-corrected chi connectivity index (χ0v) is 12.7. The van der Waals surface area contributed by atoms with Crippen molar-refractivity contribution >= 4 is 0 Å². The maximum Gasteiger partial charge on any atom is 0.119 e. The van der Waals surface area contributed by atoms with Gasteiger partial charge in [0, 0.05) is 6.04 Å². The van der Waals surface area contributed by atoms with E-state index in [4.69, 9.17) is 9.47 Å². The Kier molecular flexibility index (Phi) is 6.19. The standard InChI is InChI=1S/C17H27NO2/c1-3-4-14(13-18-15-5-6-15)11-12-20-17-9-7-16(19-2)8-10-17/h7-10,14-15,18H,3-6,11-13H2,1-2H3. The molecule has 20 heavy (non-hydrogen) atoms. The Hall–Kier alpha value is -1.22. The van der Waals surface area contributed by atoms with E-state index in [2.05, 4.69) is 12.2 Å². The molecule has 1 unspecified atom stereocenters. The molecule has 112 valence electrons. The molecule has 0 aliphatic heterocycles. The molecule has 0 amide bonds. The second kappa shape index (κ2) is 8.15. The molecule has 0 heterocycles. The lowest BCUT2D eigenvalue weighted by molar-refractivity contribution is 0.266. The van der Waals surface area contributed by atoms with Gasteiger partial charge >= 0.3 is 0 Å². The number of methoxy groups -OCH3 is 1. The maximum atomic E-state index is 5.82. The van der Waals surface area contributed by atoms with E-state index >= 15 is 0 Å². The molecule has 1 aromatic carbocycles. The lowest BCUT2D eigenvalue weighted by Crippen LogP contribution is -2.25. The van der Waals surface area contributed by atoms with Crippen molar-refractivity contribution in [3.63, 3.8) is 0 Å². The van der Waals surface area contributed by atoms with Crippen molar-refractivity contribution in [3.05, 3.63) is 24.3 Å². The summed E-state index contributed by atoms with van der Waals surface area (Å²) in [5.41, 5.74) is 0. The Bertz CT molecular complexity index is 373. The molecule has 3 heteroatoms. The Balaban J connectivity index is 1.67. The minimum atomic E-state index is 0.735. The molecule has 1 N–H and O–H groups in total. The van der Waals surface area contributed by atoms with E-state index in [1.807, 2.05) is 24.3 Å². The molecule has 1 aromatic rings. The van der Waals surface area contributed by atoms with Gasteiger partial charge in [0.25, 0.3) is 0 Å². The summed E-state index contributed by atoms with van der Waals surface area (Å²) in [5, 5.41) is 3.63. The summed E-state index contributed by atoms with van der Waals surface area (Å²) in [6.45, 7) is 4.20. The average Bonchev–Trinajstić information content (AvgIpc) is 3.30. The average molecular weight is 277 g/mol. The number of nitrogens with one attached hydrogen (secondary N) is 1. The first-order valence-electron chi connectivity index (χ1n) is 7.82. The highest BCUT2D eigenvalue weighted by Gasteiger charge is 2.21. The van der Waals surface area contributed by atoms with Crippen LogP contribution in [-0.4, -0.2) is 26.3 Å². The fourth-order valence-electron chi connectivity index (χ4n) is 2.39. The van der Waals surface area contributed by atoms with E-state index < -0.39 is 0 Å². The van der Waals surface area contributed by atoms with Crippen molar-refractivity contribution < 1.29 is 9.47 Å². The van der Waals surface area contributed by atoms with Crippen LogP contribution in [0.5, 0.6) is 11.5 Å². The van der Waals surface area contributed by atoms with Gasteiger partial charge in [-0.25, -0.2) is 0 Å². The second-order valence-electron chi connectivity index (χ2n) is 5.65. The van der Waals surface area contributed by atoms with E-state index in [9.17, 15) is 0 Å². The molecule has 0 bridgehead atoms. The molecule has 1 atom stereocenters. The van der Waals surface area contributed by atoms with Gasteiger partial charge in [0.05, 0.1) is 13.7 Å². The molecule has 1 saturated carbocycles. The van der Waals surface area contributed by atoms with Crippen LogP contribution < -0.4 is 14.8 Å². The van der Waals surface area contributed by atoms with Gasteiger partial charge < -0.3 is 14.8 Å². The zero-order valence-electron chi connectivity index (χ0n) is 12.7. The van der Waals surface area contributed by atoms with E-state index in [-0.39, 0.29) is 0 Å². The lowest BCUT2D eigenvalue weighted by atomic mass is 10.0. The number of rotatable bonds is 10. The van der Waals surface area contributed by atoms with Gasteiger partial charge in [0.2, 0.25) is 0 Å². The van der Waals surface area contributed by atoms with E-state index in [0.717, 1.165) is 43.0 Å². The van der Waals surface area contributed by atoms with Gasteiger partial charge in [-0.1, -0.05) is 13.3 Å². The number of ether oxygens (including phenoxy) is 2. The third kappa shape index (κ3) is 5.41. The largest absolute Gasteiger partial charge is 0.497 e. The van der Waals surface area contributed by atoms with Crippen molar-refractivity contribution in [1.82, 2.24) is 5.32 Å². The monoisotopic (exact) mass is 277 g/mol. The molecule has 0 aromatic heterocycles. The highest BCUT2D eigenvalue weighted by molar-refractivity contribution is 5.31. The molecule has 3 nitrogen and oxygen atoms in total. The molecule has 0 spiro atoms. The Labute approximate surface area is 122 Å². The van der Waals surface area contributed by atoms with E-state index in [0.29, 0.717) is 0 Å². The minimum Gasteiger partial charge on any atom is -0.497 e. The van der Waals surface area contributed by atoms with Crippen LogP contribution in [0.1, 0.15) is 39.0 Å². The normalized spacial score (nSPS) is 15.9. The van der Waals surface area contributed by atoms with Crippen LogP contribution in [0, 0.1) is 5.92 Å². The van der Waals surface area contributed by atoms with E-state index in [1.165, 1.54) is 25.7 Å². The summed E-state index contributed by atoms with van der Waals surface area (Å²) in [5.74, 6) is 2.53. The molecule has 0 radical (unpaired) electrons. The van der Waals surface area contributed by atoms with Crippen LogP contribution in [0.3, 0.4) is 0 Å². The van der Waals surface area contributed by atoms with Crippen LogP contribution in [0.15, 0.2) is 24.3 Å². The fourth-order valence-corrected chi connectivity index (χ4v) is 2.39. The van der Waals surface area contributed by atoms with Gasteiger partial charge in [-0.3, -0.25) is 0 Å². The molecular weight excluding hydrogens is 250 g/mol. The summed E-state index contributed by atoms with van der Waals surface area (Å²) < 4.78 is 11.0. The van der Waals surface area contributed by atoms with Crippen molar-refractivity contribution in [2.75, 3.05) is 20.3 Å². The predicted octanol–water partition coefficient (Wildman–Crippen LogP) is 3.63. The summed E-state index contributed by atoms with van der Waals surface area (Å²) in [7, 11) is 1.68. The van der Waals surface area contributed by atoms with Crippen LogP contribution in [0.4, 0.5) is 0 Å². The van der Waals surface area contributed by atoms with Gasteiger partial charge in [-0.2, -0.15) is 0 Å². The van der Waals surface area contributed by atoms with Gasteiger partial charge in [-0.15, -0.1) is 0 Å². The minimum absolute atomic E-state index is 0.735. The highest BCUT2D eigenvalue weighted by Crippen LogP contribution is 2.21. The first-order chi connectivity index (χ1) is 9.81. The third-order valence-electron chi connectivity index (χ3n) is 3.82. The van der Waals surface area contributed by atoms with Crippen molar-refractivity contribution in [1.29, 1.82) is 0 Å². The van der Waals surface area contributed by atoms with Gasteiger partial charge in [-0.05, 0) is 62.4 Å². The van der Waals surface area contributed by atoms with Crippen LogP contribution in [0.25, 0.3) is 0 Å². The van der Waals surface area contributed by atoms with E-state index in [1.54, 1.807) is 7.11 Å². The van der Waals surface area contributed by atoms with Gasteiger partial charge in [0.1, 0.15) is 11.5 Å². The first-order valence-corrected chi connectivity index (χ1v) is 7.82. The molecule has 1 fully saturated rings. The Morgan fingerprint density at radius 1 is 1.15 bits per heavy atom. The molecule has 1 aliphatic carbocycles. The topological polar surface area (TPSA) is 30.5 Å². The lowest BCUT2D eigenvalue weighted by Gasteiger charge is -2.17. The van der Waals surface area contributed by atoms with Crippen molar-refractivity contribution in [3.8, 4) is 11.5 Å². The van der Waals surface area contributed by atoms with Crippen LogP contribution in [0.2, 0.25) is 0 Å². The number of benzene rings is 1. The summed E-state index contributed by atoms with van der Waals surface area (Å²) in [6, 6.07) is 8.62. The maximum absolute atomic E-state index is 5.82. The summed E-state index contributed by atoms with van der Waals surface area (Å²) in [6.07, 6.45) is 6.38. The summed E-state index contributed by atoms with van der Waals surface area (Å²) in [4.78, 5) is 0. The van der Waals surface area contributed by atoms with Crippen LogP contribution >= 0.6 is 0 Å². The molecular formula is C17H27NO2. The van der Waals surface area contributed by atoms with Gasteiger partial charge in [0.15, 0.2) is 0 Å². The predicted molar refractivity (Wildman–Crippen MR) is 82.5 cm³/mol. The zero-order chi connectivity index (χ0) is 14.2. The number of hydrogen-bond donors (Lipinski definition) is 1. The molecule has 1 aliphatic rings. The fraction of sp³-hybridized carbons (Fsp3) is 0.647. The van der Waals surface area contributed by atoms with Crippen molar-refractivity contribution in [2.45, 2.75) is 45.1 Å². The Morgan fingerprint density at radius 2 is 1.85 bits per heavy atom. The first kappa shape index (κ1) is 15.2. The SMILES string of the molecule is CCCC(CCOc1ccc(OC)cc1)CNC1CC1. The third-order valence-corrected chi connectivity index (χ3v) is 3.82. The highest BCUT2D eigenvalue weighted by atomic mass is 16.5. The molecule has 2 rings (SSSR count).